The summed E-state index contributed by atoms with van der Waals surface area (Å²) in [6, 6.07) is 1.93. The molecule has 3 N–H and O–H groups in total. The second kappa shape index (κ2) is 5.44. The topological polar surface area (TPSA) is 78.9 Å². The zero-order valence-electron chi connectivity index (χ0n) is 9.89. The molecule has 1 rings (SSSR count). The Bertz CT molecular complexity index is 491. The average Bonchev–Trinajstić information content (AvgIpc) is 2.35. The minimum Gasteiger partial charge on any atom is -0.409 e. The molecule has 0 saturated carbocycles. The number of carbonyl (C=O) groups is 1. The zero-order valence-corrected chi connectivity index (χ0v) is 9.89. The first kappa shape index (κ1) is 13.9. The Balaban J connectivity index is 3.00. The molecular formula is C11H13F2N3O2. The van der Waals surface area contributed by atoms with Gasteiger partial charge in [-0.2, -0.15) is 0 Å². The van der Waals surface area contributed by atoms with Crippen molar-refractivity contribution in [2.24, 2.45) is 10.9 Å². The molecule has 0 radical (unpaired) electrons. The number of nitrogens with two attached hydrogens (primary N) is 1. The molecule has 1 aromatic carbocycles. The minimum atomic E-state index is -0.960. The van der Waals surface area contributed by atoms with E-state index >= 15 is 0 Å². The summed E-state index contributed by atoms with van der Waals surface area (Å²) >= 11 is 0. The molecule has 0 aliphatic rings. The van der Waals surface area contributed by atoms with Crippen LogP contribution in [0, 0.1) is 11.6 Å². The van der Waals surface area contributed by atoms with Crippen LogP contribution in [0.1, 0.15) is 17.3 Å². The number of nitrogens with zero attached hydrogens (tertiary/aromatic N) is 2. The first-order valence-electron chi connectivity index (χ1n) is 5.08. The lowest BCUT2D eigenvalue weighted by molar-refractivity contribution is 0.0771. The summed E-state index contributed by atoms with van der Waals surface area (Å²) < 4.78 is 26.1. The van der Waals surface area contributed by atoms with E-state index in [1.54, 1.807) is 0 Å². The van der Waals surface area contributed by atoms with Crippen molar-refractivity contribution in [1.29, 1.82) is 0 Å². The smallest absolute Gasteiger partial charge is 0.257 e. The molecule has 7 heteroatoms. The Morgan fingerprint density at radius 1 is 1.50 bits per heavy atom. The van der Waals surface area contributed by atoms with Crippen LogP contribution in [0.4, 0.5) is 8.78 Å². The summed E-state index contributed by atoms with van der Waals surface area (Å²) in [5.74, 6) is -2.60. The van der Waals surface area contributed by atoms with Gasteiger partial charge in [0.25, 0.3) is 5.91 Å². The highest BCUT2D eigenvalue weighted by Gasteiger charge is 2.23. The number of carbonyl (C=O) groups excluding carboxylic acids is 1. The number of oxime groups is 1. The summed E-state index contributed by atoms with van der Waals surface area (Å²) in [6.07, 6.45) is 0. The first-order valence-corrected chi connectivity index (χ1v) is 5.08. The van der Waals surface area contributed by atoms with Crippen LogP contribution in [0.15, 0.2) is 23.4 Å². The van der Waals surface area contributed by atoms with E-state index in [1.807, 2.05) is 0 Å². The maximum absolute atomic E-state index is 13.4. The third kappa shape index (κ3) is 2.73. The van der Waals surface area contributed by atoms with Gasteiger partial charge in [0.15, 0.2) is 5.84 Å². The van der Waals surface area contributed by atoms with Crippen LogP contribution >= 0.6 is 0 Å². The van der Waals surface area contributed by atoms with Gasteiger partial charge in [-0.15, -0.1) is 0 Å². The Morgan fingerprint density at radius 2 is 2.11 bits per heavy atom. The van der Waals surface area contributed by atoms with Crippen molar-refractivity contribution in [3.63, 3.8) is 0 Å². The van der Waals surface area contributed by atoms with Crippen LogP contribution in [0.5, 0.6) is 0 Å². The van der Waals surface area contributed by atoms with E-state index in [0.717, 1.165) is 17.0 Å². The zero-order chi connectivity index (χ0) is 13.9. The number of benzene rings is 1. The number of rotatable bonds is 3. The standard InChI is InChI=1S/C11H13F2N3O2/c1-6(10(14)15-18)16(2)11(17)8-4-3-7(12)5-9(8)13/h3-6,18H,1-2H3,(H2,14,15). The number of likely N-dealkylation sites (N-methyl/N-ethyl adjacent to an activating group) is 1. The lowest BCUT2D eigenvalue weighted by Crippen LogP contribution is -2.44. The summed E-state index contributed by atoms with van der Waals surface area (Å²) in [7, 11) is 1.37. The highest BCUT2D eigenvalue weighted by Crippen LogP contribution is 2.13. The van der Waals surface area contributed by atoms with Crippen molar-refractivity contribution >= 4 is 11.7 Å². The van der Waals surface area contributed by atoms with Gasteiger partial charge in [-0.1, -0.05) is 5.16 Å². The molecule has 5 nitrogen and oxygen atoms in total. The molecular weight excluding hydrogens is 244 g/mol. The number of hydrogen-bond donors (Lipinski definition) is 2. The molecule has 0 bridgehead atoms. The summed E-state index contributed by atoms with van der Waals surface area (Å²) in [4.78, 5) is 13.0. The highest BCUT2D eigenvalue weighted by atomic mass is 19.1. The van der Waals surface area contributed by atoms with Crippen LogP contribution in [0.3, 0.4) is 0 Å². The second-order valence-corrected chi connectivity index (χ2v) is 3.74. The van der Waals surface area contributed by atoms with Crippen molar-refractivity contribution in [2.75, 3.05) is 7.05 Å². The molecule has 98 valence electrons. The molecule has 18 heavy (non-hydrogen) atoms. The molecule has 1 unspecified atom stereocenters. The Hall–Kier alpha value is -2.18. The largest absolute Gasteiger partial charge is 0.409 e. The monoisotopic (exact) mass is 257 g/mol. The Morgan fingerprint density at radius 3 is 2.61 bits per heavy atom. The minimum absolute atomic E-state index is 0.187. The Kier molecular flexibility index (Phi) is 4.19. The molecule has 0 spiro atoms. The normalized spacial score (nSPS) is 13.2. The average molecular weight is 257 g/mol. The van der Waals surface area contributed by atoms with E-state index in [0.29, 0.717) is 6.07 Å². The van der Waals surface area contributed by atoms with Gasteiger partial charge in [0.2, 0.25) is 0 Å². The van der Waals surface area contributed by atoms with Crippen LogP contribution in [-0.2, 0) is 0 Å². The second-order valence-electron chi connectivity index (χ2n) is 3.74. The third-order valence-electron chi connectivity index (χ3n) is 2.61. The van der Waals surface area contributed by atoms with Crippen molar-refractivity contribution in [3.8, 4) is 0 Å². The van der Waals surface area contributed by atoms with Crippen molar-refractivity contribution in [1.82, 2.24) is 4.90 Å². The van der Waals surface area contributed by atoms with Crippen molar-refractivity contribution < 1.29 is 18.8 Å². The van der Waals surface area contributed by atoms with Crippen molar-refractivity contribution in [3.05, 3.63) is 35.4 Å². The van der Waals surface area contributed by atoms with Gasteiger partial charge in [-0.25, -0.2) is 8.78 Å². The van der Waals surface area contributed by atoms with Gasteiger partial charge in [0.05, 0.1) is 11.6 Å². The predicted molar refractivity (Wildman–Crippen MR) is 61.3 cm³/mol. The fourth-order valence-corrected chi connectivity index (χ4v) is 1.31. The van der Waals surface area contributed by atoms with E-state index in [9.17, 15) is 13.6 Å². The quantitative estimate of drug-likeness (QED) is 0.369. The predicted octanol–water partition coefficient (Wildman–Crippen LogP) is 1.17. The van der Waals surface area contributed by atoms with Gasteiger partial charge in [-0.05, 0) is 19.1 Å². The maximum Gasteiger partial charge on any atom is 0.257 e. The van der Waals surface area contributed by atoms with Gasteiger partial charge in [0.1, 0.15) is 11.6 Å². The number of amides is 1. The van der Waals surface area contributed by atoms with Crippen LogP contribution in [0.2, 0.25) is 0 Å². The number of amidine groups is 1. The molecule has 0 heterocycles. The van der Waals surface area contributed by atoms with E-state index < -0.39 is 23.6 Å². The van der Waals surface area contributed by atoms with Gasteiger partial charge in [-0.3, -0.25) is 4.79 Å². The maximum atomic E-state index is 13.4. The lowest BCUT2D eigenvalue weighted by atomic mass is 10.1. The molecule has 0 fully saturated rings. The van der Waals surface area contributed by atoms with Gasteiger partial charge >= 0.3 is 0 Å². The molecule has 1 aromatic rings. The molecule has 0 aliphatic heterocycles. The highest BCUT2D eigenvalue weighted by molar-refractivity contribution is 5.98. The number of halogens is 2. The number of hydrogen-bond acceptors (Lipinski definition) is 3. The summed E-state index contributed by atoms with van der Waals surface area (Å²) in [6.45, 7) is 1.51. The van der Waals surface area contributed by atoms with Gasteiger partial charge in [0, 0.05) is 13.1 Å². The molecule has 1 atom stereocenters. The first-order chi connectivity index (χ1) is 8.38. The molecule has 0 saturated heterocycles. The van der Waals surface area contributed by atoms with Gasteiger partial charge < -0.3 is 15.8 Å². The lowest BCUT2D eigenvalue weighted by Gasteiger charge is -2.23. The Labute approximate surface area is 102 Å². The summed E-state index contributed by atoms with van der Waals surface area (Å²) in [5, 5.41) is 11.3. The van der Waals surface area contributed by atoms with E-state index in [1.165, 1.54) is 14.0 Å². The molecule has 1 amide bonds. The SMILES string of the molecule is CC(C(N)=NO)N(C)C(=O)c1ccc(F)cc1F. The van der Waals surface area contributed by atoms with Crippen LogP contribution in [-0.4, -0.2) is 34.9 Å². The van der Waals surface area contributed by atoms with E-state index in [2.05, 4.69) is 5.16 Å². The van der Waals surface area contributed by atoms with E-state index in [-0.39, 0.29) is 11.4 Å². The third-order valence-corrected chi connectivity index (χ3v) is 2.61. The van der Waals surface area contributed by atoms with Crippen molar-refractivity contribution in [2.45, 2.75) is 13.0 Å². The fraction of sp³-hybridized carbons (Fsp3) is 0.273. The summed E-state index contributed by atoms with van der Waals surface area (Å²) in [5.41, 5.74) is 5.07. The molecule has 0 aromatic heterocycles. The molecule has 0 aliphatic carbocycles. The fourth-order valence-electron chi connectivity index (χ4n) is 1.31. The van der Waals surface area contributed by atoms with Crippen LogP contribution in [0.25, 0.3) is 0 Å². The van der Waals surface area contributed by atoms with E-state index in [4.69, 9.17) is 10.9 Å². The van der Waals surface area contributed by atoms with Crippen LogP contribution < -0.4 is 5.73 Å².